The third-order valence-electron chi connectivity index (χ3n) is 3.48. The van der Waals surface area contributed by atoms with Gasteiger partial charge >= 0.3 is 0 Å². The lowest BCUT2D eigenvalue weighted by Crippen LogP contribution is -2.32. The standard InChI is InChI=1S/C13H23N3O2S2/c1-3-15-11-13(9-12(15)10-14-2)20(17,18)16-5-4-7-19-8-6-16/h9,11,14H,3-8,10H2,1-2H3. The molecule has 5 nitrogen and oxygen atoms in total. The molecule has 114 valence electrons. The van der Waals surface area contributed by atoms with E-state index in [0.717, 1.165) is 30.2 Å². The normalized spacial score (nSPS) is 18.1. The molecule has 0 bridgehead atoms. The predicted molar refractivity (Wildman–Crippen MR) is 83.6 cm³/mol. The third-order valence-corrected chi connectivity index (χ3v) is 6.39. The van der Waals surface area contributed by atoms with Gasteiger partial charge in [0.1, 0.15) is 4.90 Å². The second kappa shape index (κ2) is 6.98. The van der Waals surface area contributed by atoms with Crippen molar-refractivity contribution >= 4 is 21.8 Å². The largest absolute Gasteiger partial charge is 0.349 e. The molecule has 0 saturated carbocycles. The fourth-order valence-corrected chi connectivity index (χ4v) is 4.95. The molecule has 1 saturated heterocycles. The summed E-state index contributed by atoms with van der Waals surface area (Å²) in [7, 11) is -1.48. The van der Waals surface area contributed by atoms with Crippen molar-refractivity contribution < 1.29 is 8.42 Å². The molecule has 1 aromatic heterocycles. The molecule has 0 unspecified atom stereocenters. The van der Waals surface area contributed by atoms with Crippen LogP contribution in [0.1, 0.15) is 19.0 Å². The molecule has 1 aromatic rings. The summed E-state index contributed by atoms with van der Waals surface area (Å²) in [5.74, 6) is 1.93. The lowest BCUT2D eigenvalue weighted by Gasteiger charge is -2.18. The second-order valence-electron chi connectivity index (χ2n) is 4.85. The Hall–Kier alpha value is -0.500. The Labute approximate surface area is 125 Å². The minimum Gasteiger partial charge on any atom is -0.349 e. The van der Waals surface area contributed by atoms with Gasteiger partial charge in [-0.15, -0.1) is 0 Å². The SMILES string of the molecule is CCn1cc(S(=O)(=O)N2CCCSCC2)cc1CNC. The van der Waals surface area contributed by atoms with Gasteiger partial charge in [-0.05, 0) is 32.2 Å². The van der Waals surface area contributed by atoms with Gasteiger partial charge in [-0.2, -0.15) is 16.1 Å². The molecule has 20 heavy (non-hydrogen) atoms. The molecular weight excluding hydrogens is 294 g/mol. The number of aryl methyl sites for hydroxylation is 1. The van der Waals surface area contributed by atoms with Gasteiger partial charge in [-0.25, -0.2) is 8.42 Å². The van der Waals surface area contributed by atoms with E-state index in [1.54, 1.807) is 16.6 Å². The van der Waals surface area contributed by atoms with E-state index < -0.39 is 10.0 Å². The van der Waals surface area contributed by atoms with E-state index in [4.69, 9.17) is 0 Å². The molecule has 0 amide bonds. The zero-order valence-corrected chi connectivity index (χ0v) is 13.8. The number of nitrogens with zero attached hydrogens (tertiary/aromatic N) is 2. The van der Waals surface area contributed by atoms with Gasteiger partial charge in [0.2, 0.25) is 10.0 Å². The predicted octanol–water partition coefficient (Wildman–Crippen LogP) is 1.35. The number of aromatic nitrogens is 1. The zero-order valence-electron chi connectivity index (χ0n) is 12.1. The average Bonchev–Trinajstić information content (AvgIpc) is 2.66. The summed E-state index contributed by atoms with van der Waals surface area (Å²) >= 11 is 1.83. The van der Waals surface area contributed by atoms with E-state index in [1.165, 1.54) is 0 Å². The summed E-state index contributed by atoms with van der Waals surface area (Å²) < 4.78 is 29.0. The van der Waals surface area contributed by atoms with Crippen LogP contribution >= 0.6 is 11.8 Å². The van der Waals surface area contributed by atoms with Crippen LogP contribution < -0.4 is 5.32 Å². The number of rotatable bonds is 5. The van der Waals surface area contributed by atoms with Crippen molar-refractivity contribution in [1.82, 2.24) is 14.2 Å². The van der Waals surface area contributed by atoms with Crippen molar-refractivity contribution in [2.24, 2.45) is 0 Å². The van der Waals surface area contributed by atoms with E-state index in [2.05, 4.69) is 5.32 Å². The van der Waals surface area contributed by atoms with Crippen LogP contribution in [-0.4, -0.2) is 48.9 Å². The molecule has 1 fully saturated rings. The van der Waals surface area contributed by atoms with Gasteiger partial charge in [0.15, 0.2) is 0 Å². The highest BCUT2D eigenvalue weighted by atomic mass is 32.2. The maximum absolute atomic E-state index is 12.7. The van der Waals surface area contributed by atoms with E-state index in [1.807, 2.05) is 30.3 Å². The second-order valence-corrected chi connectivity index (χ2v) is 8.02. The molecule has 2 rings (SSSR count). The quantitative estimate of drug-likeness (QED) is 0.891. The first-order valence-corrected chi connectivity index (χ1v) is 9.60. The summed E-state index contributed by atoms with van der Waals surface area (Å²) in [5, 5.41) is 3.08. The Morgan fingerprint density at radius 3 is 2.85 bits per heavy atom. The maximum Gasteiger partial charge on any atom is 0.244 e. The van der Waals surface area contributed by atoms with Gasteiger partial charge in [-0.1, -0.05) is 0 Å². The van der Waals surface area contributed by atoms with Gasteiger partial charge in [-0.3, -0.25) is 0 Å². The van der Waals surface area contributed by atoms with Crippen LogP contribution in [0, 0.1) is 0 Å². The topological polar surface area (TPSA) is 54.3 Å². The molecule has 0 radical (unpaired) electrons. The van der Waals surface area contributed by atoms with E-state index in [9.17, 15) is 8.42 Å². The summed E-state index contributed by atoms with van der Waals surface area (Å²) in [6.45, 7) is 4.74. The minimum atomic E-state index is -3.34. The first-order chi connectivity index (χ1) is 9.59. The van der Waals surface area contributed by atoms with Crippen LogP contribution in [-0.2, 0) is 23.1 Å². The summed E-state index contributed by atoms with van der Waals surface area (Å²) in [5.41, 5.74) is 1.01. The number of hydrogen-bond acceptors (Lipinski definition) is 4. The Kier molecular flexibility index (Phi) is 5.54. The smallest absolute Gasteiger partial charge is 0.244 e. The monoisotopic (exact) mass is 317 g/mol. The molecule has 0 aliphatic carbocycles. The molecule has 7 heteroatoms. The maximum atomic E-state index is 12.7. The first-order valence-electron chi connectivity index (χ1n) is 7.01. The van der Waals surface area contributed by atoms with Crippen molar-refractivity contribution in [2.45, 2.75) is 31.3 Å². The van der Waals surface area contributed by atoms with Crippen LogP contribution in [0.4, 0.5) is 0 Å². The molecule has 1 aliphatic rings. The van der Waals surface area contributed by atoms with Gasteiger partial charge in [0.25, 0.3) is 0 Å². The fraction of sp³-hybridized carbons (Fsp3) is 0.692. The van der Waals surface area contributed by atoms with Crippen molar-refractivity contribution in [1.29, 1.82) is 0 Å². The number of hydrogen-bond donors (Lipinski definition) is 1. The zero-order chi connectivity index (χ0) is 14.6. The van der Waals surface area contributed by atoms with E-state index in [0.29, 0.717) is 24.5 Å². The Bertz CT molecular complexity index is 532. The highest BCUT2D eigenvalue weighted by Crippen LogP contribution is 2.22. The van der Waals surface area contributed by atoms with Crippen LogP contribution in [0.25, 0.3) is 0 Å². The summed E-state index contributed by atoms with van der Waals surface area (Å²) in [6.07, 6.45) is 2.70. The van der Waals surface area contributed by atoms with Crippen molar-refractivity contribution in [2.75, 3.05) is 31.6 Å². The highest BCUT2D eigenvalue weighted by molar-refractivity contribution is 7.99. The Balaban J connectivity index is 2.28. The van der Waals surface area contributed by atoms with Gasteiger partial charge in [0.05, 0.1) is 0 Å². The van der Waals surface area contributed by atoms with E-state index >= 15 is 0 Å². The lowest BCUT2D eigenvalue weighted by molar-refractivity contribution is 0.435. The molecular formula is C13H23N3O2S2. The molecule has 0 spiro atoms. The third kappa shape index (κ3) is 3.39. The Morgan fingerprint density at radius 1 is 1.35 bits per heavy atom. The van der Waals surface area contributed by atoms with Gasteiger partial charge in [0, 0.05) is 43.8 Å². The highest BCUT2D eigenvalue weighted by Gasteiger charge is 2.26. The van der Waals surface area contributed by atoms with E-state index in [-0.39, 0.29) is 0 Å². The molecule has 1 N–H and O–H groups in total. The molecule has 1 aliphatic heterocycles. The lowest BCUT2D eigenvalue weighted by atomic mass is 10.4. The van der Waals surface area contributed by atoms with Crippen LogP contribution in [0.2, 0.25) is 0 Å². The Morgan fingerprint density at radius 2 is 2.15 bits per heavy atom. The van der Waals surface area contributed by atoms with Crippen molar-refractivity contribution in [3.63, 3.8) is 0 Å². The van der Waals surface area contributed by atoms with Crippen LogP contribution in [0.3, 0.4) is 0 Å². The summed E-state index contributed by atoms with van der Waals surface area (Å²) in [6, 6.07) is 1.80. The van der Waals surface area contributed by atoms with Gasteiger partial charge < -0.3 is 9.88 Å². The molecule has 0 aromatic carbocycles. The molecule has 2 heterocycles. The van der Waals surface area contributed by atoms with Crippen molar-refractivity contribution in [3.05, 3.63) is 18.0 Å². The fourth-order valence-electron chi connectivity index (χ4n) is 2.40. The summed E-state index contributed by atoms with van der Waals surface area (Å²) in [4.78, 5) is 0.427. The first kappa shape index (κ1) is 15.9. The number of nitrogens with one attached hydrogen (secondary N) is 1. The average molecular weight is 317 g/mol. The molecule has 0 atom stereocenters. The minimum absolute atomic E-state index is 0.427. The van der Waals surface area contributed by atoms with Crippen molar-refractivity contribution in [3.8, 4) is 0 Å². The number of sulfonamides is 1. The van der Waals surface area contributed by atoms with Crippen LogP contribution in [0.15, 0.2) is 17.2 Å². The number of thioether (sulfide) groups is 1. The van der Waals surface area contributed by atoms with Crippen LogP contribution in [0.5, 0.6) is 0 Å².